The Kier molecular flexibility index (Phi) is 4.45. The van der Waals surface area contributed by atoms with E-state index in [-0.39, 0.29) is 5.91 Å². The molecule has 23 heavy (non-hydrogen) atoms. The van der Waals surface area contributed by atoms with Crippen molar-refractivity contribution in [2.75, 3.05) is 7.05 Å². The van der Waals surface area contributed by atoms with E-state index in [4.69, 9.17) is 12.2 Å². The van der Waals surface area contributed by atoms with Crippen molar-refractivity contribution < 1.29 is 4.79 Å². The van der Waals surface area contributed by atoms with Gasteiger partial charge in [-0.05, 0) is 48.3 Å². The van der Waals surface area contributed by atoms with Gasteiger partial charge in [-0.3, -0.25) is 9.36 Å². The van der Waals surface area contributed by atoms with Crippen molar-refractivity contribution in [3.8, 4) is 5.69 Å². The summed E-state index contributed by atoms with van der Waals surface area (Å²) in [6.07, 6.45) is 1.68. The number of hydrogen-bond acceptors (Lipinski definition) is 3. The number of imidazole rings is 1. The minimum atomic E-state index is -0.0611. The average molecular weight is 343 g/mol. The second kappa shape index (κ2) is 6.52. The molecule has 6 heteroatoms. The number of aromatic nitrogens is 2. The number of hydrogen-bond donors (Lipinski definition) is 1. The lowest BCUT2D eigenvalue weighted by molar-refractivity contribution is 0.0778. The summed E-state index contributed by atoms with van der Waals surface area (Å²) in [5.41, 5.74) is 2.63. The van der Waals surface area contributed by atoms with Crippen LogP contribution in [0.2, 0.25) is 0 Å². The van der Waals surface area contributed by atoms with Gasteiger partial charge in [-0.15, -0.1) is 11.3 Å². The number of nitrogens with one attached hydrogen (secondary N) is 1. The fourth-order valence-electron chi connectivity index (χ4n) is 2.41. The first-order valence-corrected chi connectivity index (χ1v) is 8.51. The molecule has 1 aromatic carbocycles. The van der Waals surface area contributed by atoms with Crippen molar-refractivity contribution in [1.29, 1.82) is 0 Å². The highest BCUT2D eigenvalue weighted by Crippen LogP contribution is 2.19. The van der Waals surface area contributed by atoms with Crippen LogP contribution in [-0.2, 0) is 6.54 Å². The number of nitrogens with zero attached hydrogens (tertiary/aromatic N) is 2. The van der Waals surface area contributed by atoms with Crippen molar-refractivity contribution in [3.63, 3.8) is 0 Å². The Morgan fingerprint density at radius 2 is 2.04 bits per heavy atom. The van der Waals surface area contributed by atoms with E-state index in [1.807, 2.05) is 42.8 Å². The minimum Gasteiger partial charge on any atom is -0.336 e. The molecular formula is C17H17N3OS2. The van der Waals surface area contributed by atoms with Crippen LogP contribution in [0.1, 0.15) is 20.9 Å². The van der Waals surface area contributed by atoms with Gasteiger partial charge in [0.2, 0.25) is 0 Å². The Morgan fingerprint density at radius 1 is 1.30 bits per heavy atom. The molecule has 1 amide bonds. The molecule has 0 aliphatic rings. The minimum absolute atomic E-state index is 0.0611. The van der Waals surface area contributed by atoms with E-state index in [1.54, 1.807) is 27.0 Å². The van der Waals surface area contributed by atoms with Crippen molar-refractivity contribution in [2.45, 2.75) is 13.5 Å². The highest BCUT2D eigenvalue weighted by Gasteiger charge is 2.19. The van der Waals surface area contributed by atoms with Crippen molar-refractivity contribution >= 4 is 29.5 Å². The van der Waals surface area contributed by atoms with Gasteiger partial charge in [-0.25, -0.2) is 0 Å². The zero-order valence-corrected chi connectivity index (χ0v) is 14.6. The molecule has 0 unspecified atom stereocenters. The van der Waals surface area contributed by atoms with E-state index < -0.39 is 0 Å². The smallest absolute Gasteiger partial charge is 0.272 e. The SMILES string of the molecule is Cc1ccsc1CN(C)C(=O)c1c[nH]c(=S)n1-c1ccccc1. The van der Waals surface area contributed by atoms with E-state index in [0.29, 0.717) is 17.0 Å². The monoisotopic (exact) mass is 343 g/mol. The quantitative estimate of drug-likeness (QED) is 0.722. The number of thiophene rings is 1. The summed E-state index contributed by atoms with van der Waals surface area (Å²) in [6, 6.07) is 11.7. The molecule has 0 aliphatic heterocycles. The van der Waals surface area contributed by atoms with Crippen LogP contribution in [0.25, 0.3) is 5.69 Å². The van der Waals surface area contributed by atoms with Crippen LogP contribution in [0.5, 0.6) is 0 Å². The summed E-state index contributed by atoms with van der Waals surface area (Å²) in [6.45, 7) is 2.65. The van der Waals surface area contributed by atoms with E-state index in [0.717, 1.165) is 5.69 Å². The van der Waals surface area contributed by atoms with Gasteiger partial charge in [-0.2, -0.15) is 0 Å². The Labute approximate surface area is 144 Å². The first-order chi connectivity index (χ1) is 11.1. The van der Waals surface area contributed by atoms with Crippen molar-refractivity contribution in [3.05, 3.63) is 68.9 Å². The molecule has 3 aromatic rings. The Bertz CT molecular complexity index is 877. The first kappa shape index (κ1) is 15.7. The fourth-order valence-corrected chi connectivity index (χ4v) is 3.63. The van der Waals surface area contributed by atoms with Crippen LogP contribution >= 0.6 is 23.6 Å². The summed E-state index contributed by atoms with van der Waals surface area (Å²) in [4.78, 5) is 18.7. The van der Waals surface area contributed by atoms with Crippen LogP contribution in [-0.4, -0.2) is 27.4 Å². The second-order valence-corrected chi connectivity index (χ2v) is 6.73. The van der Waals surface area contributed by atoms with Crippen molar-refractivity contribution in [1.82, 2.24) is 14.5 Å². The zero-order chi connectivity index (χ0) is 16.4. The molecule has 0 saturated carbocycles. The molecule has 2 heterocycles. The summed E-state index contributed by atoms with van der Waals surface area (Å²) < 4.78 is 2.29. The van der Waals surface area contributed by atoms with Gasteiger partial charge in [-0.1, -0.05) is 18.2 Å². The molecule has 118 valence electrons. The summed E-state index contributed by atoms with van der Waals surface area (Å²) in [5, 5.41) is 2.05. The van der Waals surface area contributed by atoms with E-state index in [9.17, 15) is 4.79 Å². The highest BCUT2D eigenvalue weighted by atomic mass is 32.1. The zero-order valence-electron chi connectivity index (χ0n) is 12.9. The predicted molar refractivity (Wildman–Crippen MR) is 95.8 cm³/mol. The first-order valence-electron chi connectivity index (χ1n) is 7.22. The molecule has 3 rings (SSSR count). The van der Waals surface area contributed by atoms with Gasteiger partial charge in [0.1, 0.15) is 5.69 Å². The van der Waals surface area contributed by atoms with Gasteiger partial charge >= 0.3 is 0 Å². The molecule has 2 aromatic heterocycles. The summed E-state index contributed by atoms with van der Waals surface area (Å²) in [5.74, 6) is -0.0611. The largest absolute Gasteiger partial charge is 0.336 e. The number of para-hydroxylation sites is 1. The number of carbonyl (C=O) groups is 1. The van der Waals surface area contributed by atoms with Crippen LogP contribution < -0.4 is 0 Å². The van der Waals surface area contributed by atoms with Gasteiger partial charge in [0.15, 0.2) is 4.77 Å². The van der Waals surface area contributed by atoms with Crippen molar-refractivity contribution in [2.24, 2.45) is 0 Å². The van der Waals surface area contributed by atoms with E-state index in [2.05, 4.69) is 18.0 Å². The van der Waals surface area contributed by atoms with E-state index >= 15 is 0 Å². The standard InChI is InChI=1S/C17H17N3OS2/c1-12-8-9-23-15(12)11-19(2)16(21)14-10-18-17(22)20(14)13-6-4-3-5-7-13/h3-10H,11H2,1-2H3,(H,18,22). The third kappa shape index (κ3) is 3.13. The molecule has 0 radical (unpaired) electrons. The highest BCUT2D eigenvalue weighted by molar-refractivity contribution is 7.71. The molecule has 0 aliphatic carbocycles. The third-order valence-electron chi connectivity index (χ3n) is 3.71. The Morgan fingerprint density at radius 3 is 2.70 bits per heavy atom. The fraction of sp³-hybridized carbons (Fsp3) is 0.176. The Balaban J connectivity index is 1.92. The number of H-pyrrole nitrogens is 1. The van der Waals surface area contributed by atoms with Crippen LogP contribution in [0.15, 0.2) is 48.0 Å². The number of carbonyl (C=O) groups excluding carboxylic acids is 1. The maximum absolute atomic E-state index is 12.8. The summed E-state index contributed by atoms with van der Waals surface area (Å²) in [7, 11) is 1.81. The molecule has 0 bridgehead atoms. The van der Waals surface area contributed by atoms with Gasteiger partial charge in [0, 0.05) is 23.8 Å². The molecule has 0 saturated heterocycles. The number of aromatic amines is 1. The summed E-state index contributed by atoms with van der Waals surface area (Å²) >= 11 is 7.00. The van der Waals surface area contributed by atoms with Gasteiger partial charge in [0.05, 0.1) is 6.54 Å². The lowest BCUT2D eigenvalue weighted by atomic mass is 10.2. The molecule has 1 N–H and O–H groups in total. The number of amides is 1. The number of rotatable bonds is 4. The van der Waals surface area contributed by atoms with Crippen LogP contribution in [0.4, 0.5) is 0 Å². The molecule has 0 atom stereocenters. The Hall–Kier alpha value is -2.18. The molecule has 0 spiro atoms. The van der Waals surface area contributed by atoms with Crippen LogP contribution in [0.3, 0.4) is 0 Å². The molecular weight excluding hydrogens is 326 g/mol. The number of benzene rings is 1. The normalized spacial score (nSPS) is 10.7. The topological polar surface area (TPSA) is 41.0 Å². The van der Waals surface area contributed by atoms with E-state index in [1.165, 1.54) is 10.4 Å². The predicted octanol–water partition coefficient (Wildman–Crippen LogP) is 4.18. The third-order valence-corrected chi connectivity index (χ3v) is 5.01. The maximum atomic E-state index is 12.8. The second-order valence-electron chi connectivity index (χ2n) is 5.34. The van der Waals surface area contributed by atoms with Crippen LogP contribution in [0, 0.1) is 11.7 Å². The number of aryl methyl sites for hydroxylation is 1. The maximum Gasteiger partial charge on any atom is 0.272 e. The van der Waals surface area contributed by atoms with Gasteiger partial charge < -0.3 is 9.88 Å². The van der Waals surface area contributed by atoms with Gasteiger partial charge in [0.25, 0.3) is 5.91 Å². The average Bonchev–Trinajstić information content (AvgIpc) is 3.13. The molecule has 0 fully saturated rings. The lowest BCUT2D eigenvalue weighted by Crippen LogP contribution is -2.28. The molecule has 4 nitrogen and oxygen atoms in total. The lowest BCUT2D eigenvalue weighted by Gasteiger charge is -2.18.